The van der Waals surface area contributed by atoms with Gasteiger partial charge in [0.15, 0.2) is 5.82 Å². The molecule has 0 saturated carbocycles. The largest absolute Gasteiger partial charge is 0.489 e. The molecule has 1 aliphatic rings. The second-order valence-electron chi connectivity index (χ2n) is 8.28. The molecule has 2 N–H and O–H groups in total. The van der Waals surface area contributed by atoms with Crippen molar-refractivity contribution in [2.24, 2.45) is 0 Å². The third-order valence-electron chi connectivity index (χ3n) is 5.87. The van der Waals surface area contributed by atoms with Gasteiger partial charge in [0.1, 0.15) is 23.9 Å². The molecular formula is C26H26N6O2. The zero-order chi connectivity index (χ0) is 23.5. The number of hydrogen-bond donors (Lipinski definition) is 2. The molecule has 0 atom stereocenters. The molecule has 0 bridgehead atoms. The van der Waals surface area contributed by atoms with E-state index >= 15 is 0 Å². The van der Waals surface area contributed by atoms with Gasteiger partial charge in [0.25, 0.3) is 5.91 Å². The lowest BCUT2D eigenvalue weighted by Crippen LogP contribution is -2.37. The van der Waals surface area contributed by atoms with Crippen LogP contribution >= 0.6 is 0 Å². The number of H-pyrrole nitrogens is 1. The molecule has 5 rings (SSSR count). The highest BCUT2D eigenvalue weighted by atomic mass is 16.5. The van der Waals surface area contributed by atoms with Crippen molar-refractivity contribution in [1.29, 1.82) is 0 Å². The molecular weight excluding hydrogens is 428 g/mol. The van der Waals surface area contributed by atoms with Crippen LogP contribution in [0, 0.1) is 6.92 Å². The van der Waals surface area contributed by atoms with Gasteiger partial charge in [-0.15, -0.1) is 0 Å². The fraction of sp³-hybridized carbons (Fsp3) is 0.231. The minimum atomic E-state index is -0.0111. The zero-order valence-corrected chi connectivity index (χ0v) is 19.2. The normalized spacial score (nSPS) is 12.8. The van der Waals surface area contributed by atoms with Crippen LogP contribution in [0.5, 0.6) is 5.75 Å². The first-order valence-electron chi connectivity index (χ1n) is 11.3. The molecule has 0 spiro atoms. The number of amides is 1. The molecule has 0 radical (unpaired) electrons. The van der Waals surface area contributed by atoms with Crippen LogP contribution in [-0.4, -0.2) is 44.6 Å². The molecule has 0 unspecified atom stereocenters. The Hall–Kier alpha value is -4.20. The van der Waals surface area contributed by atoms with Gasteiger partial charge in [-0.25, -0.2) is 9.97 Å². The summed E-state index contributed by atoms with van der Waals surface area (Å²) in [6, 6.07) is 19.2. The predicted octanol–water partition coefficient (Wildman–Crippen LogP) is 3.99. The third kappa shape index (κ3) is 4.47. The average molecular weight is 455 g/mol. The molecule has 1 amide bonds. The molecule has 0 saturated heterocycles. The summed E-state index contributed by atoms with van der Waals surface area (Å²) in [5, 5.41) is 10.4. The van der Waals surface area contributed by atoms with E-state index in [1.54, 1.807) is 0 Å². The maximum absolute atomic E-state index is 13.2. The molecule has 2 aromatic heterocycles. The average Bonchev–Trinajstić information content (AvgIpc) is 3.33. The molecule has 0 aliphatic carbocycles. The van der Waals surface area contributed by atoms with Crippen molar-refractivity contribution >= 4 is 11.7 Å². The predicted molar refractivity (Wildman–Crippen MR) is 130 cm³/mol. The van der Waals surface area contributed by atoms with Gasteiger partial charge in [-0.3, -0.25) is 9.89 Å². The number of rotatable bonds is 6. The van der Waals surface area contributed by atoms with Crippen LogP contribution < -0.4 is 10.1 Å². The fourth-order valence-electron chi connectivity index (χ4n) is 4.07. The molecule has 8 nitrogen and oxygen atoms in total. The minimum Gasteiger partial charge on any atom is -0.489 e. The van der Waals surface area contributed by atoms with Gasteiger partial charge < -0.3 is 15.0 Å². The van der Waals surface area contributed by atoms with Gasteiger partial charge >= 0.3 is 0 Å². The van der Waals surface area contributed by atoms with E-state index in [0.717, 1.165) is 34.1 Å². The Morgan fingerprint density at radius 3 is 2.62 bits per heavy atom. The fourth-order valence-corrected chi connectivity index (χ4v) is 4.07. The van der Waals surface area contributed by atoms with Crippen molar-refractivity contribution < 1.29 is 9.53 Å². The van der Waals surface area contributed by atoms with Gasteiger partial charge in [-0.2, -0.15) is 5.10 Å². The number of ether oxygens (including phenoxy) is 1. The Morgan fingerprint density at radius 1 is 1.12 bits per heavy atom. The van der Waals surface area contributed by atoms with E-state index in [1.165, 1.54) is 0 Å². The zero-order valence-electron chi connectivity index (χ0n) is 19.2. The lowest BCUT2D eigenvalue weighted by molar-refractivity contribution is 0.0732. The first kappa shape index (κ1) is 21.6. The van der Waals surface area contributed by atoms with Gasteiger partial charge in [0.2, 0.25) is 0 Å². The standard InChI is InChI=1S/C26H26N6O2/c1-17-14-22(31-30-17)25-28-23-15-32(13-12-21(23)24(27-2)29-25)26(33)19-10-8-18(9-11-19)16-34-20-6-4-3-5-7-20/h3-11,14H,12-13,15-16H2,1-2H3,(H,30,31)(H,27,28,29). The Balaban J connectivity index is 1.31. The van der Waals surface area contributed by atoms with E-state index in [-0.39, 0.29) is 5.91 Å². The summed E-state index contributed by atoms with van der Waals surface area (Å²) >= 11 is 0. The quantitative estimate of drug-likeness (QED) is 0.457. The van der Waals surface area contributed by atoms with Crippen LogP contribution in [0.1, 0.15) is 32.9 Å². The van der Waals surface area contributed by atoms with Gasteiger partial charge in [0, 0.05) is 30.4 Å². The summed E-state index contributed by atoms with van der Waals surface area (Å²) in [6.45, 7) is 3.44. The number of benzene rings is 2. The molecule has 1 aliphatic heterocycles. The first-order chi connectivity index (χ1) is 16.6. The SMILES string of the molecule is CNc1nc(-c2cc(C)[nH]n2)nc2c1CCN(C(=O)c1ccc(COc3ccccc3)cc1)C2. The van der Waals surface area contributed by atoms with Crippen LogP contribution in [0.2, 0.25) is 0 Å². The van der Waals surface area contributed by atoms with Crippen molar-refractivity contribution in [3.8, 4) is 17.3 Å². The Labute approximate surface area is 198 Å². The molecule has 4 aromatic rings. The number of hydrogen-bond acceptors (Lipinski definition) is 6. The lowest BCUT2D eigenvalue weighted by Gasteiger charge is -2.29. The highest BCUT2D eigenvalue weighted by Crippen LogP contribution is 2.27. The summed E-state index contributed by atoms with van der Waals surface area (Å²) < 4.78 is 5.80. The summed E-state index contributed by atoms with van der Waals surface area (Å²) in [5.74, 6) is 2.14. The van der Waals surface area contributed by atoms with E-state index in [0.29, 0.717) is 43.2 Å². The molecule has 34 heavy (non-hydrogen) atoms. The topological polar surface area (TPSA) is 96.0 Å². The molecule has 2 aromatic carbocycles. The Kier molecular flexibility index (Phi) is 5.95. The van der Waals surface area contributed by atoms with Crippen LogP contribution in [0.25, 0.3) is 11.5 Å². The lowest BCUT2D eigenvalue weighted by atomic mass is 10.0. The maximum Gasteiger partial charge on any atom is 0.254 e. The molecule has 0 fully saturated rings. The highest BCUT2D eigenvalue weighted by molar-refractivity contribution is 5.94. The summed E-state index contributed by atoms with van der Waals surface area (Å²) in [7, 11) is 1.85. The molecule has 172 valence electrons. The monoisotopic (exact) mass is 454 g/mol. The number of aryl methyl sites for hydroxylation is 1. The molecule has 8 heteroatoms. The molecule has 3 heterocycles. The van der Waals surface area contributed by atoms with Crippen molar-refractivity contribution in [1.82, 2.24) is 25.1 Å². The summed E-state index contributed by atoms with van der Waals surface area (Å²) in [4.78, 5) is 24.5. The Morgan fingerprint density at radius 2 is 1.91 bits per heavy atom. The van der Waals surface area contributed by atoms with Crippen LogP contribution in [0.15, 0.2) is 60.7 Å². The first-order valence-corrected chi connectivity index (χ1v) is 11.3. The maximum atomic E-state index is 13.2. The Bertz CT molecular complexity index is 1300. The summed E-state index contributed by atoms with van der Waals surface area (Å²) in [6.07, 6.45) is 0.695. The second-order valence-corrected chi connectivity index (χ2v) is 8.28. The smallest absolute Gasteiger partial charge is 0.254 e. The van der Waals surface area contributed by atoms with Crippen molar-refractivity contribution in [3.05, 3.63) is 88.7 Å². The van der Waals surface area contributed by atoms with E-state index < -0.39 is 0 Å². The number of aromatic amines is 1. The van der Waals surface area contributed by atoms with Crippen molar-refractivity contribution in [2.45, 2.75) is 26.5 Å². The van der Waals surface area contributed by atoms with E-state index in [9.17, 15) is 4.79 Å². The van der Waals surface area contributed by atoms with Gasteiger partial charge in [-0.05, 0) is 49.2 Å². The highest BCUT2D eigenvalue weighted by Gasteiger charge is 2.26. The third-order valence-corrected chi connectivity index (χ3v) is 5.87. The van der Waals surface area contributed by atoms with Gasteiger partial charge in [0.05, 0.1) is 12.2 Å². The van der Waals surface area contributed by atoms with Gasteiger partial charge in [-0.1, -0.05) is 30.3 Å². The number of anilines is 1. The number of nitrogens with one attached hydrogen (secondary N) is 2. The van der Waals surface area contributed by atoms with E-state index in [2.05, 4.69) is 20.5 Å². The second kappa shape index (κ2) is 9.35. The number of aromatic nitrogens is 4. The number of nitrogens with zero attached hydrogens (tertiary/aromatic N) is 4. The number of carbonyl (C=O) groups is 1. The minimum absolute atomic E-state index is 0.0111. The number of carbonyl (C=O) groups excluding carboxylic acids is 1. The van der Waals surface area contributed by atoms with Crippen LogP contribution in [0.3, 0.4) is 0 Å². The van der Waals surface area contributed by atoms with Crippen molar-refractivity contribution in [3.63, 3.8) is 0 Å². The number of para-hydroxylation sites is 1. The van der Waals surface area contributed by atoms with Crippen LogP contribution in [0.4, 0.5) is 5.82 Å². The van der Waals surface area contributed by atoms with Crippen LogP contribution in [-0.2, 0) is 19.6 Å². The number of fused-ring (bicyclic) bond motifs is 1. The van der Waals surface area contributed by atoms with Crippen molar-refractivity contribution in [2.75, 3.05) is 18.9 Å². The van der Waals surface area contributed by atoms with E-state index in [1.807, 2.05) is 79.5 Å². The van der Waals surface area contributed by atoms with E-state index in [4.69, 9.17) is 9.72 Å². The summed E-state index contributed by atoms with van der Waals surface area (Å²) in [5.41, 5.74) is 5.19.